The van der Waals surface area contributed by atoms with Crippen LogP contribution in [0.2, 0.25) is 5.02 Å². The van der Waals surface area contributed by atoms with Crippen LogP contribution in [0.4, 0.5) is 11.4 Å². The largest absolute Gasteiger partial charge is 0.508 e. The fourth-order valence-corrected chi connectivity index (χ4v) is 6.20. The average molecular weight is 596 g/mol. The highest BCUT2D eigenvalue weighted by Gasteiger charge is 2.54. The zero-order valence-electron chi connectivity index (χ0n) is 20.2. The third kappa shape index (κ3) is 3.76. The molecule has 0 saturated carbocycles. The van der Waals surface area contributed by atoms with Crippen LogP contribution in [0.3, 0.4) is 0 Å². The van der Waals surface area contributed by atoms with Gasteiger partial charge in [0.1, 0.15) is 23.0 Å². The van der Waals surface area contributed by atoms with Gasteiger partial charge in [0.05, 0.1) is 26.9 Å². The minimum Gasteiger partial charge on any atom is -0.508 e. The Hall–Kier alpha value is -4.36. The number of benzene rings is 4. The lowest BCUT2D eigenvalue weighted by molar-refractivity contribution is 0.0224. The maximum Gasteiger partial charge on any atom is 0.342 e. The molecule has 1 spiro atoms. The third-order valence-electron chi connectivity index (χ3n) is 6.73. The second-order valence-electron chi connectivity index (χ2n) is 9.07. The van der Waals surface area contributed by atoms with E-state index in [2.05, 4.69) is 0 Å². The van der Waals surface area contributed by atoms with Gasteiger partial charge in [0.25, 0.3) is 0 Å². The first kappa shape index (κ1) is 25.9. The minimum atomic E-state index is -4.04. The number of rotatable bonds is 3. The van der Waals surface area contributed by atoms with Crippen LogP contribution in [-0.2, 0) is 20.4 Å². The van der Waals surface area contributed by atoms with Crippen molar-refractivity contribution in [2.45, 2.75) is 10.5 Å². The number of esters is 1. The minimum absolute atomic E-state index is 0.0364. The number of nitrogens with zero attached hydrogens (tertiary/aromatic N) is 1. The fourth-order valence-electron chi connectivity index (χ4n) is 5.13. The molecular formula is C27H18ClN3O7S2. The van der Waals surface area contributed by atoms with Crippen molar-refractivity contribution >= 4 is 56.3 Å². The van der Waals surface area contributed by atoms with E-state index in [0.717, 1.165) is 6.07 Å². The number of primary sulfonamides is 1. The molecule has 4 aromatic rings. The Balaban J connectivity index is 1.62. The molecule has 0 bridgehead atoms. The molecule has 0 unspecified atom stereocenters. The second kappa shape index (κ2) is 8.83. The van der Waals surface area contributed by atoms with Gasteiger partial charge in [-0.1, -0.05) is 23.7 Å². The van der Waals surface area contributed by atoms with E-state index in [0.29, 0.717) is 16.7 Å². The average Bonchev–Trinajstić information content (AvgIpc) is 3.17. The number of hydrogen-bond acceptors (Lipinski definition) is 8. The maximum absolute atomic E-state index is 13.7. The standard InChI is InChI=1S/C27H18ClN3O7S2/c28-19-12-15(40(30,35)36)6-9-20(19)31(26(29)39)21-3-1-2-18-24(21)25(34)38-27(18)16-7-4-13(32)10-22(16)37-23-11-14(33)5-8-17(23)27/h1-12,32-33H,(H2,29,39)(H2,30,35,36). The van der Waals surface area contributed by atoms with E-state index in [9.17, 15) is 23.4 Å². The quantitative estimate of drug-likeness (QED) is 0.198. The summed E-state index contributed by atoms with van der Waals surface area (Å²) >= 11 is 11.8. The van der Waals surface area contributed by atoms with Crippen molar-refractivity contribution in [3.63, 3.8) is 0 Å². The Morgan fingerprint density at radius 3 is 2.08 bits per heavy atom. The van der Waals surface area contributed by atoms with Crippen molar-refractivity contribution in [2.75, 3.05) is 4.90 Å². The summed E-state index contributed by atoms with van der Waals surface area (Å²) in [6.07, 6.45) is 0. The molecule has 0 atom stereocenters. The lowest BCUT2D eigenvalue weighted by Crippen LogP contribution is -2.33. The van der Waals surface area contributed by atoms with E-state index in [1.54, 1.807) is 30.3 Å². The molecule has 0 radical (unpaired) electrons. The highest BCUT2D eigenvalue weighted by molar-refractivity contribution is 7.89. The first-order valence-electron chi connectivity index (χ1n) is 11.6. The van der Waals surface area contributed by atoms with Gasteiger partial charge in [-0.3, -0.25) is 4.90 Å². The number of nitrogens with two attached hydrogens (primary N) is 2. The van der Waals surface area contributed by atoms with Crippen LogP contribution in [-0.4, -0.2) is 29.7 Å². The number of carbonyl (C=O) groups is 1. The lowest BCUT2D eigenvalue weighted by Gasteiger charge is -2.36. The van der Waals surface area contributed by atoms with E-state index >= 15 is 0 Å². The Morgan fingerprint density at radius 1 is 0.900 bits per heavy atom. The molecule has 2 aliphatic rings. The van der Waals surface area contributed by atoms with Gasteiger partial charge in [0, 0.05) is 28.8 Å². The first-order valence-corrected chi connectivity index (χ1v) is 13.9. The summed E-state index contributed by atoms with van der Waals surface area (Å²) in [5, 5.41) is 25.3. The molecule has 2 heterocycles. The maximum atomic E-state index is 13.7. The molecule has 4 aromatic carbocycles. The first-order chi connectivity index (χ1) is 18.9. The van der Waals surface area contributed by atoms with Crippen LogP contribution in [0, 0.1) is 0 Å². The van der Waals surface area contributed by atoms with Crippen molar-refractivity contribution in [2.24, 2.45) is 10.9 Å². The van der Waals surface area contributed by atoms with E-state index < -0.39 is 21.6 Å². The zero-order valence-corrected chi connectivity index (χ0v) is 22.5. The van der Waals surface area contributed by atoms with Crippen molar-refractivity contribution in [3.05, 3.63) is 100 Å². The van der Waals surface area contributed by atoms with Crippen molar-refractivity contribution in [3.8, 4) is 23.0 Å². The van der Waals surface area contributed by atoms with Crippen LogP contribution in [0.25, 0.3) is 0 Å². The number of phenolic OH excluding ortho intramolecular Hbond substituents is 2. The predicted molar refractivity (Wildman–Crippen MR) is 150 cm³/mol. The molecule has 202 valence electrons. The van der Waals surface area contributed by atoms with Crippen LogP contribution in [0.15, 0.2) is 77.7 Å². The summed E-state index contributed by atoms with van der Waals surface area (Å²) in [5.41, 5.74) is 6.42. The topological polar surface area (TPSA) is 165 Å². The predicted octanol–water partition coefficient (Wildman–Crippen LogP) is 4.35. The van der Waals surface area contributed by atoms with Gasteiger partial charge in [-0.2, -0.15) is 0 Å². The zero-order chi connectivity index (χ0) is 28.6. The molecule has 0 amide bonds. The summed E-state index contributed by atoms with van der Waals surface area (Å²) < 4.78 is 35.8. The Labute approximate surface area is 238 Å². The Bertz CT molecular complexity index is 1840. The molecular weight excluding hydrogens is 578 g/mol. The van der Waals surface area contributed by atoms with Crippen LogP contribution < -0.4 is 20.5 Å². The number of aromatic hydroxyl groups is 2. The van der Waals surface area contributed by atoms with Crippen LogP contribution >= 0.6 is 23.8 Å². The van der Waals surface area contributed by atoms with Gasteiger partial charge >= 0.3 is 5.97 Å². The summed E-state index contributed by atoms with van der Waals surface area (Å²) in [7, 11) is -4.04. The molecule has 0 aliphatic carbocycles. The molecule has 2 aliphatic heterocycles. The molecule has 0 fully saturated rings. The van der Waals surface area contributed by atoms with E-state index in [-0.39, 0.29) is 55.0 Å². The molecule has 40 heavy (non-hydrogen) atoms. The van der Waals surface area contributed by atoms with Gasteiger partial charge in [0.15, 0.2) is 10.7 Å². The number of thiocarbonyl (C=S) groups is 1. The fraction of sp³-hybridized carbons (Fsp3) is 0.0370. The molecule has 10 nitrogen and oxygen atoms in total. The number of anilines is 2. The number of hydrogen-bond donors (Lipinski definition) is 4. The number of halogens is 1. The number of ether oxygens (including phenoxy) is 2. The van der Waals surface area contributed by atoms with Gasteiger partial charge in [-0.15, -0.1) is 0 Å². The SMILES string of the molecule is NC(=S)N(c1ccc(S(N)(=O)=O)cc1Cl)c1cccc2c1C(=O)OC21c2ccc(O)cc2Oc2cc(O)ccc21. The Kier molecular flexibility index (Phi) is 5.71. The van der Waals surface area contributed by atoms with E-state index in [1.165, 1.54) is 41.3 Å². The summed E-state index contributed by atoms with van der Waals surface area (Å²) in [6, 6.07) is 17.6. The van der Waals surface area contributed by atoms with Gasteiger partial charge in [-0.05, 0) is 60.7 Å². The smallest absolute Gasteiger partial charge is 0.342 e. The van der Waals surface area contributed by atoms with Crippen molar-refractivity contribution < 1.29 is 32.9 Å². The molecule has 0 aromatic heterocycles. The molecule has 6 N–H and O–H groups in total. The van der Waals surface area contributed by atoms with Crippen molar-refractivity contribution in [1.29, 1.82) is 0 Å². The highest BCUT2D eigenvalue weighted by Crippen LogP contribution is 2.58. The van der Waals surface area contributed by atoms with Crippen molar-refractivity contribution in [1.82, 2.24) is 0 Å². The molecule has 6 rings (SSSR count). The van der Waals surface area contributed by atoms with Gasteiger partial charge < -0.3 is 25.4 Å². The summed E-state index contributed by atoms with van der Waals surface area (Å²) in [4.78, 5) is 14.9. The summed E-state index contributed by atoms with van der Waals surface area (Å²) in [5.74, 6) is -0.431. The second-order valence-corrected chi connectivity index (χ2v) is 11.5. The highest BCUT2D eigenvalue weighted by atomic mass is 35.5. The summed E-state index contributed by atoms with van der Waals surface area (Å²) in [6.45, 7) is 0. The van der Waals surface area contributed by atoms with Crippen LogP contribution in [0.1, 0.15) is 27.0 Å². The van der Waals surface area contributed by atoms with Crippen LogP contribution in [0.5, 0.6) is 23.0 Å². The molecule has 13 heteroatoms. The monoisotopic (exact) mass is 595 g/mol. The lowest BCUT2D eigenvalue weighted by atomic mass is 9.77. The third-order valence-corrected chi connectivity index (χ3v) is 8.13. The van der Waals surface area contributed by atoms with E-state index in [4.69, 9.17) is 44.2 Å². The van der Waals surface area contributed by atoms with E-state index in [1.807, 2.05) is 0 Å². The number of sulfonamides is 1. The number of carbonyl (C=O) groups excluding carboxylic acids is 1. The normalized spacial score (nSPS) is 14.5. The van der Waals surface area contributed by atoms with Gasteiger partial charge in [0.2, 0.25) is 10.0 Å². The molecule has 0 saturated heterocycles. The number of phenols is 2. The Morgan fingerprint density at radius 2 is 1.52 bits per heavy atom. The van der Waals surface area contributed by atoms with Gasteiger partial charge in [-0.25, -0.2) is 18.4 Å². The number of fused-ring (bicyclic) bond motifs is 6.